The molecular formula is C5H8ClN3O2S. The summed E-state index contributed by atoms with van der Waals surface area (Å²) in [6.45, 7) is 2.31. The fourth-order valence-electron chi connectivity index (χ4n) is 0.765. The van der Waals surface area contributed by atoms with E-state index in [4.69, 9.17) is 16.7 Å². The van der Waals surface area contributed by atoms with Crippen LogP contribution in [-0.2, 0) is 16.6 Å². The summed E-state index contributed by atoms with van der Waals surface area (Å²) in [4.78, 5) is -0.133. The van der Waals surface area contributed by atoms with Gasteiger partial charge < -0.3 is 0 Å². The van der Waals surface area contributed by atoms with Crippen LogP contribution in [-0.4, -0.2) is 18.2 Å². The molecule has 12 heavy (non-hydrogen) atoms. The highest BCUT2D eigenvalue weighted by Gasteiger charge is 2.16. The Hall–Kier alpha value is -0.590. The van der Waals surface area contributed by atoms with E-state index in [-0.39, 0.29) is 10.0 Å². The Bertz CT molecular complexity index is 383. The summed E-state index contributed by atoms with van der Waals surface area (Å²) in [6, 6.07) is 0. The zero-order chi connectivity index (χ0) is 9.35. The van der Waals surface area contributed by atoms with Crippen molar-refractivity contribution in [1.29, 1.82) is 0 Å². The van der Waals surface area contributed by atoms with Crippen molar-refractivity contribution < 1.29 is 8.42 Å². The number of nitrogens with two attached hydrogens (primary N) is 1. The highest BCUT2D eigenvalue weighted by Crippen LogP contribution is 2.18. The quantitative estimate of drug-likeness (QED) is 0.756. The van der Waals surface area contributed by atoms with Crippen molar-refractivity contribution in [2.24, 2.45) is 5.14 Å². The van der Waals surface area contributed by atoms with Crippen LogP contribution in [0.3, 0.4) is 0 Å². The van der Waals surface area contributed by atoms with Gasteiger partial charge in [0.25, 0.3) is 0 Å². The zero-order valence-corrected chi connectivity index (χ0v) is 7.93. The second kappa shape index (κ2) is 3.04. The maximum Gasteiger partial charge on any atom is 0.242 e. The Labute approximate surface area is 75.2 Å². The highest BCUT2D eigenvalue weighted by atomic mass is 35.5. The van der Waals surface area contributed by atoms with Crippen LogP contribution in [0.15, 0.2) is 11.1 Å². The van der Waals surface area contributed by atoms with Crippen LogP contribution in [0.5, 0.6) is 0 Å². The van der Waals surface area contributed by atoms with Gasteiger partial charge in [0.05, 0.1) is 6.20 Å². The van der Waals surface area contributed by atoms with Crippen LogP contribution in [0, 0.1) is 0 Å². The van der Waals surface area contributed by atoms with E-state index in [1.165, 1.54) is 4.68 Å². The Morgan fingerprint density at radius 1 is 1.75 bits per heavy atom. The number of aromatic nitrogens is 2. The van der Waals surface area contributed by atoms with Crippen molar-refractivity contribution in [2.45, 2.75) is 18.4 Å². The van der Waals surface area contributed by atoms with Gasteiger partial charge in [-0.25, -0.2) is 13.6 Å². The van der Waals surface area contributed by atoms with Gasteiger partial charge in [-0.1, -0.05) is 11.6 Å². The van der Waals surface area contributed by atoms with E-state index in [2.05, 4.69) is 5.10 Å². The van der Waals surface area contributed by atoms with Crippen LogP contribution in [0.25, 0.3) is 0 Å². The van der Waals surface area contributed by atoms with E-state index >= 15 is 0 Å². The van der Waals surface area contributed by atoms with Gasteiger partial charge in [0.15, 0.2) is 0 Å². The third-order valence-corrected chi connectivity index (χ3v) is 2.77. The molecule has 0 aliphatic carbocycles. The summed E-state index contributed by atoms with van der Waals surface area (Å²) in [6.07, 6.45) is 1.14. The van der Waals surface area contributed by atoms with Crippen molar-refractivity contribution in [3.63, 3.8) is 0 Å². The van der Waals surface area contributed by atoms with Gasteiger partial charge in [-0.3, -0.25) is 4.68 Å². The Morgan fingerprint density at radius 2 is 2.33 bits per heavy atom. The molecule has 0 aliphatic heterocycles. The number of aryl methyl sites for hydroxylation is 1. The monoisotopic (exact) mass is 209 g/mol. The van der Waals surface area contributed by atoms with Gasteiger partial charge in [-0.2, -0.15) is 5.10 Å². The molecule has 7 heteroatoms. The summed E-state index contributed by atoms with van der Waals surface area (Å²) in [5.74, 6) is 0. The molecule has 1 aromatic rings. The fourth-order valence-corrected chi connectivity index (χ4v) is 1.83. The molecule has 1 aromatic heterocycles. The second-order valence-corrected chi connectivity index (χ2v) is 4.05. The largest absolute Gasteiger partial charge is 0.253 e. The smallest absolute Gasteiger partial charge is 0.242 e. The number of hydrogen-bond donors (Lipinski definition) is 1. The lowest BCUT2D eigenvalue weighted by Crippen LogP contribution is -2.12. The van der Waals surface area contributed by atoms with Crippen LogP contribution in [0.2, 0.25) is 5.15 Å². The number of primary sulfonamides is 1. The molecule has 0 atom stereocenters. The molecule has 0 spiro atoms. The molecule has 0 aromatic carbocycles. The molecule has 0 saturated heterocycles. The van der Waals surface area contributed by atoms with Gasteiger partial charge >= 0.3 is 0 Å². The van der Waals surface area contributed by atoms with Crippen LogP contribution < -0.4 is 5.14 Å². The lowest BCUT2D eigenvalue weighted by Gasteiger charge is -1.96. The summed E-state index contributed by atoms with van der Waals surface area (Å²) >= 11 is 5.65. The third kappa shape index (κ3) is 1.60. The van der Waals surface area contributed by atoms with E-state index in [0.29, 0.717) is 6.54 Å². The van der Waals surface area contributed by atoms with Crippen molar-refractivity contribution in [1.82, 2.24) is 9.78 Å². The molecule has 0 bridgehead atoms. The SMILES string of the molecule is CCn1ncc(S(N)(=O)=O)c1Cl. The van der Waals surface area contributed by atoms with E-state index in [1.807, 2.05) is 0 Å². The first kappa shape index (κ1) is 9.50. The number of hydrogen-bond acceptors (Lipinski definition) is 3. The maximum absolute atomic E-state index is 10.8. The minimum Gasteiger partial charge on any atom is -0.253 e. The van der Waals surface area contributed by atoms with Crippen molar-refractivity contribution in [3.05, 3.63) is 11.3 Å². The first-order valence-corrected chi connectivity index (χ1v) is 5.13. The first-order chi connectivity index (χ1) is 5.46. The van der Waals surface area contributed by atoms with Gasteiger partial charge in [0.1, 0.15) is 10.0 Å². The average molecular weight is 210 g/mol. The lowest BCUT2D eigenvalue weighted by atomic mass is 10.7. The van der Waals surface area contributed by atoms with E-state index in [9.17, 15) is 8.42 Å². The molecule has 1 heterocycles. The Morgan fingerprint density at radius 3 is 2.58 bits per heavy atom. The number of halogens is 1. The van der Waals surface area contributed by atoms with Crippen molar-refractivity contribution >= 4 is 21.6 Å². The molecule has 0 amide bonds. The second-order valence-electron chi connectivity index (χ2n) is 2.16. The fraction of sp³-hybridized carbons (Fsp3) is 0.400. The molecule has 0 saturated carbocycles. The van der Waals surface area contributed by atoms with E-state index in [0.717, 1.165) is 6.20 Å². The topological polar surface area (TPSA) is 78.0 Å². The Balaban J connectivity index is 3.30. The van der Waals surface area contributed by atoms with Crippen molar-refractivity contribution in [3.8, 4) is 0 Å². The normalized spacial score (nSPS) is 11.9. The highest BCUT2D eigenvalue weighted by molar-refractivity contribution is 7.89. The molecule has 0 radical (unpaired) electrons. The summed E-state index contributed by atoms with van der Waals surface area (Å²) in [5.41, 5.74) is 0. The minimum absolute atomic E-state index is 0.0556. The standard InChI is InChI=1S/C5H8ClN3O2S/c1-2-9-5(6)4(3-8-9)12(7,10)11/h3H,2H2,1H3,(H2,7,10,11). The number of rotatable bonds is 2. The molecule has 2 N–H and O–H groups in total. The van der Waals surface area contributed by atoms with Crippen LogP contribution in [0.4, 0.5) is 0 Å². The third-order valence-electron chi connectivity index (χ3n) is 1.35. The average Bonchev–Trinajstić information content (AvgIpc) is 2.29. The molecule has 5 nitrogen and oxygen atoms in total. The van der Waals surface area contributed by atoms with Crippen LogP contribution in [0.1, 0.15) is 6.92 Å². The molecule has 1 rings (SSSR count). The van der Waals surface area contributed by atoms with E-state index < -0.39 is 10.0 Å². The summed E-state index contributed by atoms with van der Waals surface area (Å²) in [7, 11) is -3.74. The summed E-state index contributed by atoms with van der Waals surface area (Å²) in [5, 5.41) is 8.64. The molecule has 0 fully saturated rings. The molecule has 0 unspecified atom stereocenters. The molecule has 68 valence electrons. The van der Waals surface area contributed by atoms with Crippen molar-refractivity contribution in [2.75, 3.05) is 0 Å². The number of sulfonamides is 1. The van der Waals surface area contributed by atoms with Gasteiger partial charge in [-0.15, -0.1) is 0 Å². The Kier molecular flexibility index (Phi) is 2.41. The molecule has 0 aliphatic rings. The predicted molar refractivity (Wildman–Crippen MR) is 44.3 cm³/mol. The van der Waals surface area contributed by atoms with Gasteiger partial charge in [0, 0.05) is 6.54 Å². The zero-order valence-electron chi connectivity index (χ0n) is 6.36. The maximum atomic E-state index is 10.8. The predicted octanol–water partition coefficient (Wildman–Crippen LogP) is 0.204. The van der Waals surface area contributed by atoms with Gasteiger partial charge in [-0.05, 0) is 6.92 Å². The number of nitrogens with zero attached hydrogens (tertiary/aromatic N) is 2. The molecular weight excluding hydrogens is 202 g/mol. The van der Waals surface area contributed by atoms with E-state index in [1.54, 1.807) is 6.92 Å². The summed E-state index contributed by atoms with van der Waals surface area (Å²) < 4.78 is 23.0. The lowest BCUT2D eigenvalue weighted by molar-refractivity contribution is 0.597. The van der Waals surface area contributed by atoms with Gasteiger partial charge in [0.2, 0.25) is 10.0 Å². The minimum atomic E-state index is -3.74. The first-order valence-electron chi connectivity index (χ1n) is 3.21. The van der Waals surface area contributed by atoms with Crippen LogP contribution >= 0.6 is 11.6 Å².